The van der Waals surface area contributed by atoms with Crippen molar-refractivity contribution in [3.8, 4) is 0 Å². The lowest BCUT2D eigenvalue weighted by Gasteiger charge is -2.32. The second-order valence-corrected chi connectivity index (χ2v) is 5.73. The fourth-order valence-electron chi connectivity index (χ4n) is 2.32. The van der Waals surface area contributed by atoms with Crippen LogP contribution in [-0.4, -0.2) is 48.2 Å². The van der Waals surface area contributed by atoms with Gasteiger partial charge >= 0.3 is 0 Å². The Morgan fingerprint density at radius 3 is 2.53 bits per heavy atom. The predicted molar refractivity (Wildman–Crippen MR) is 77.2 cm³/mol. The SMILES string of the molecule is CCCCCCCCOCC(O)CNC1CC(O)C1. The second-order valence-electron chi connectivity index (χ2n) is 5.73. The third-order valence-corrected chi connectivity index (χ3v) is 3.71. The summed E-state index contributed by atoms with van der Waals surface area (Å²) in [6.45, 7) is 3.96. The Morgan fingerprint density at radius 2 is 1.84 bits per heavy atom. The second kappa shape index (κ2) is 10.6. The minimum absolute atomic E-state index is 0.140. The summed E-state index contributed by atoms with van der Waals surface area (Å²) in [5, 5.41) is 22.1. The van der Waals surface area contributed by atoms with Crippen LogP contribution >= 0.6 is 0 Å². The van der Waals surface area contributed by atoms with E-state index in [4.69, 9.17) is 9.84 Å². The molecule has 114 valence electrons. The van der Waals surface area contributed by atoms with Crippen LogP contribution in [0.2, 0.25) is 0 Å². The highest BCUT2D eigenvalue weighted by molar-refractivity contribution is 4.84. The molecule has 0 saturated heterocycles. The molecule has 3 N–H and O–H groups in total. The summed E-state index contributed by atoms with van der Waals surface area (Å²) in [7, 11) is 0. The molecule has 0 aromatic heterocycles. The molecule has 0 bridgehead atoms. The molecule has 1 fully saturated rings. The van der Waals surface area contributed by atoms with Crippen LogP contribution < -0.4 is 5.32 Å². The van der Waals surface area contributed by atoms with Gasteiger partial charge in [0.2, 0.25) is 0 Å². The van der Waals surface area contributed by atoms with Gasteiger partial charge in [-0.2, -0.15) is 0 Å². The van der Waals surface area contributed by atoms with Crippen LogP contribution in [0.25, 0.3) is 0 Å². The molecule has 19 heavy (non-hydrogen) atoms. The van der Waals surface area contributed by atoms with Gasteiger partial charge in [-0.25, -0.2) is 0 Å². The first-order chi connectivity index (χ1) is 9.22. The van der Waals surface area contributed by atoms with Gasteiger partial charge in [-0.1, -0.05) is 39.0 Å². The Bertz CT molecular complexity index is 208. The van der Waals surface area contributed by atoms with Crippen molar-refractivity contribution >= 4 is 0 Å². The van der Waals surface area contributed by atoms with E-state index in [0.29, 0.717) is 19.2 Å². The lowest BCUT2D eigenvalue weighted by Crippen LogP contribution is -2.47. The van der Waals surface area contributed by atoms with Gasteiger partial charge in [-0.15, -0.1) is 0 Å². The monoisotopic (exact) mass is 273 g/mol. The smallest absolute Gasteiger partial charge is 0.0897 e. The highest BCUT2D eigenvalue weighted by atomic mass is 16.5. The van der Waals surface area contributed by atoms with Crippen LogP contribution in [0.5, 0.6) is 0 Å². The number of hydrogen-bond donors (Lipinski definition) is 3. The van der Waals surface area contributed by atoms with E-state index in [1.165, 1.54) is 32.1 Å². The summed E-state index contributed by atoms with van der Waals surface area (Å²) in [5.41, 5.74) is 0. The largest absolute Gasteiger partial charge is 0.393 e. The first-order valence-corrected chi connectivity index (χ1v) is 7.89. The van der Waals surface area contributed by atoms with E-state index in [1.807, 2.05) is 0 Å². The zero-order valence-corrected chi connectivity index (χ0v) is 12.3. The van der Waals surface area contributed by atoms with Crippen molar-refractivity contribution in [2.75, 3.05) is 19.8 Å². The molecule has 1 rings (SSSR count). The van der Waals surface area contributed by atoms with Crippen molar-refractivity contribution in [2.45, 2.75) is 76.5 Å². The van der Waals surface area contributed by atoms with Crippen molar-refractivity contribution in [1.82, 2.24) is 5.32 Å². The number of aliphatic hydroxyl groups excluding tert-OH is 2. The fraction of sp³-hybridized carbons (Fsp3) is 1.00. The molecule has 1 unspecified atom stereocenters. The summed E-state index contributed by atoms with van der Waals surface area (Å²) in [6, 6.07) is 0.378. The van der Waals surface area contributed by atoms with Gasteiger partial charge in [0.05, 0.1) is 18.8 Å². The molecule has 0 aromatic rings. The maximum absolute atomic E-state index is 9.71. The highest BCUT2D eigenvalue weighted by Crippen LogP contribution is 2.18. The van der Waals surface area contributed by atoms with Gasteiger partial charge < -0.3 is 20.3 Å². The fourth-order valence-corrected chi connectivity index (χ4v) is 2.32. The lowest BCUT2D eigenvalue weighted by atomic mass is 9.89. The first-order valence-electron chi connectivity index (χ1n) is 7.89. The summed E-state index contributed by atoms with van der Waals surface area (Å²) in [6.07, 6.45) is 8.62. The molecular formula is C15H31NO3. The molecule has 1 saturated carbocycles. The number of unbranched alkanes of at least 4 members (excludes halogenated alkanes) is 5. The molecule has 4 heteroatoms. The maximum Gasteiger partial charge on any atom is 0.0897 e. The summed E-state index contributed by atoms with van der Waals surface area (Å²) >= 11 is 0. The van der Waals surface area contributed by atoms with Crippen LogP contribution in [0.1, 0.15) is 58.3 Å². The minimum Gasteiger partial charge on any atom is -0.393 e. The van der Waals surface area contributed by atoms with Crippen LogP contribution in [-0.2, 0) is 4.74 Å². The zero-order valence-electron chi connectivity index (χ0n) is 12.3. The van der Waals surface area contributed by atoms with Gasteiger partial charge in [-0.3, -0.25) is 0 Å². The molecule has 1 aliphatic rings. The Morgan fingerprint density at radius 1 is 1.16 bits per heavy atom. The molecule has 0 heterocycles. The molecule has 0 aliphatic heterocycles. The molecule has 1 aliphatic carbocycles. The number of aliphatic hydroxyl groups is 2. The van der Waals surface area contributed by atoms with Crippen molar-refractivity contribution in [3.63, 3.8) is 0 Å². The minimum atomic E-state index is -0.433. The van der Waals surface area contributed by atoms with E-state index in [1.54, 1.807) is 0 Å². The Balaban J connectivity index is 1.78. The van der Waals surface area contributed by atoms with E-state index in [2.05, 4.69) is 12.2 Å². The van der Waals surface area contributed by atoms with Gasteiger partial charge in [0, 0.05) is 19.2 Å². The van der Waals surface area contributed by atoms with Crippen LogP contribution in [0.3, 0.4) is 0 Å². The van der Waals surface area contributed by atoms with Gasteiger partial charge in [0.15, 0.2) is 0 Å². The van der Waals surface area contributed by atoms with E-state index < -0.39 is 6.10 Å². The topological polar surface area (TPSA) is 61.7 Å². The Kier molecular flexibility index (Phi) is 9.43. The van der Waals surface area contributed by atoms with E-state index in [9.17, 15) is 5.11 Å². The molecule has 0 amide bonds. The standard InChI is InChI=1S/C15H31NO3/c1-2-3-4-5-6-7-8-19-12-15(18)11-16-13-9-14(17)10-13/h13-18H,2-12H2,1H3. The molecule has 0 spiro atoms. The quantitative estimate of drug-likeness (QED) is 0.475. The van der Waals surface area contributed by atoms with Crippen molar-refractivity contribution < 1.29 is 14.9 Å². The predicted octanol–water partition coefficient (Wildman–Crippen LogP) is 1.84. The van der Waals surface area contributed by atoms with Crippen LogP contribution in [0.4, 0.5) is 0 Å². The van der Waals surface area contributed by atoms with Gasteiger partial charge in [0.1, 0.15) is 0 Å². The number of ether oxygens (including phenoxy) is 1. The number of nitrogens with one attached hydrogen (secondary N) is 1. The molecule has 0 aromatic carbocycles. The number of hydrogen-bond acceptors (Lipinski definition) is 4. The van der Waals surface area contributed by atoms with Crippen molar-refractivity contribution in [3.05, 3.63) is 0 Å². The Labute approximate surface area is 117 Å². The van der Waals surface area contributed by atoms with Crippen LogP contribution in [0.15, 0.2) is 0 Å². The molecule has 0 radical (unpaired) electrons. The van der Waals surface area contributed by atoms with Gasteiger partial charge in [0.25, 0.3) is 0 Å². The summed E-state index contributed by atoms with van der Waals surface area (Å²) < 4.78 is 5.47. The molecular weight excluding hydrogens is 242 g/mol. The third kappa shape index (κ3) is 8.58. The first kappa shape index (κ1) is 16.9. The average molecular weight is 273 g/mol. The zero-order chi connectivity index (χ0) is 13.9. The third-order valence-electron chi connectivity index (χ3n) is 3.71. The summed E-state index contributed by atoms with van der Waals surface area (Å²) in [5.74, 6) is 0. The van der Waals surface area contributed by atoms with E-state index >= 15 is 0 Å². The highest BCUT2D eigenvalue weighted by Gasteiger charge is 2.26. The lowest BCUT2D eigenvalue weighted by molar-refractivity contribution is 0.0220. The van der Waals surface area contributed by atoms with E-state index in [-0.39, 0.29) is 6.10 Å². The van der Waals surface area contributed by atoms with Crippen LogP contribution in [0, 0.1) is 0 Å². The molecule has 4 nitrogen and oxygen atoms in total. The van der Waals surface area contributed by atoms with E-state index in [0.717, 1.165) is 25.9 Å². The normalized spacial score (nSPS) is 24.2. The number of rotatable bonds is 12. The average Bonchev–Trinajstić information content (AvgIpc) is 2.36. The maximum atomic E-state index is 9.71. The summed E-state index contributed by atoms with van der Waals surface area (Å²) in [4.78, 5) is 0. The van der Waals surface area contributed by atoms with Crippen molar-refractivity contribution in [2.24, 2.45) is 0 Å². The molecule has 1 atom stereocenters. The van der Waals surface area contributed by atoms with Crippen molar-refractivity contribution in [1.29, 1.82) is 0 Å². The Hall–Kier alpha value is -0.160. The van der Waals surface area contributed by atoms with Gasteiger partial charge in [-0.05, 0) is 19.3 Å².